The number of aromatic nitrogens is 2. The Morgan fingerprint density at radius 2 is 2.19 bits per heavy atom. The third-order valence-electron chi connectivity index (χ3n) is 5.46. The van der Waals surface area contributed by atoms with Gasteiger partial charge in [0.2, 0.25) is 0 Å². The Labute approximate surface area is 153 Å². The van der Waals surface area contributed by atoms with Crippen LogP contribution in [0.1, 0.15) is 43.1 Å². The van der Waals surface area contributed by atoms with Crippen LogP contribution in [0.5, 0.6) is 0 Å². The first-order valence-corrected chi connectivity index (χ1v) is 9.61. The van der Waals surface area contributed by atoms with Crippen LogP contribution in [0.4, 0.5) is 0 Å². The van der Waals surface area contributed by atoms with Gasteiger partial charge in [-0.15, -0.1) is 0 Å². The number of hydrogen-bond acceptors (Lipinski definition) is 3. The Morgan fingerprint density at radius 3 is 3.08 bits per heavy atom. The van der Waals surface area contributed by atoms with Crippen molar-refractivity contribution in [3.05, 3.63) is 42.2 Å². The van der Waals surface area contributed by atoms with Gasteiger partial charge in [-0.05, 0) is 44.9 Å². The summed E-state index contributed by atoms with van der Waals surface area (Å²) in [6.07, 6.45) is 6.71. The quantitative estimate of drug-likeness (QED) is 0.690. The van der Waals surface area contributed by atoms with E-state index >= 15 is 0 Å². The summed E-state index contributed by atoms with van der Waals surface area (Å²) in [6.45, 7) is 5.26. The molecular formula is C21H26N4O. The minimum Gasteiger partial charge on any atom is -0.351 e. The normalized spacial score (nSPS) is 18.4. The first-order valence-electron chi connectivity index (χ1n) is 9.61. The fourth-order valence-corrected chi connectivity index (χ4v) is 3.93. The van der Waals surface area contributed by atoms with Crippen molar-refractivity contribution >= 4 is 27.7 Å². The molecule has 0 bridgehead atoms. The van der Waals surface area contributed by atoms with Crippen LogP contribution in [0, 0.1) is 0 Å². The second-order valence-corrected chi connectivity index (χ2v) is 7.28. The molecule has 2 aromatic heterocycles. The van der Waals surface area contributed by atoms with Gasteiger partial charge in [0.25, 0.3) is 5.91 Å². The molecule has 5 heteroatoms. The number of benzene rings is 1. The van der Waals surface area contributed by atoms with Gasteiger partial charge in [0.15, 0.2) is 0 Å². The summed E-state index contributed by atoms with van der Waals surface area (Å²) in [7, 11) is 0. The standard InChI is InChI=1S/C21H26N4O/c1-15-6-2-3-12-25(15)13-5-11-23-21(26)18-14-17-9-8-16-7-4-10-22-19(16)20(17)24-18/h4,7-10,14-15,24H,2-3,5-6,11-13H2,1H3,(H,23,26)/t15-/m0/s1. The maximum absolute atomic E-state index is 12.5. The molecule has 3 aromatic rings. The summed E-state index contributed by atoms with van der Waals surface area (Å²) in [5, 5.41) is 5.14. The minimum atomic E-state index is -0.0445. The number of rotatable bonds is 5. The van der Waals surface area contributed by atoms with Crippen LogP contribution in [-0.2, 0) is 0 Å². The first kappa shape index (κ1) is 17.0. The van der Waals surface area contributed by atoms with E-state index < -0.39 is 0 Å². The highest BCUT2D eigenvalue weighted by Crippen LogP contribution is 2.23. The van der Waals surface area contributed by atoms with Crippen LogP contribution >= 0.6 is 0 Å². The zero-order valence-electron chi connectivity index (χ0n) is 15.3. The van der Waals surface area contributed by atoms with E-state index in [1.54, 1.807) is 6.20 Å². The molecule has 5 nitrogen and oxygen atoms in total. The van der Waals surface area contributed by atoms with Gasteiger partial charge in [0.1, 0.15) is 5.69 Å². The zero-order chi connectivity index (χ0) is 17.9. The van der Waals surface area contributed by atoms with Crippen molar-refractivity contribution in [3.8, 4) is 0 Å². The van der Waals surface area contributed by atoms with Crippen molar-refractivity contribution in [3.63, 3.8) is 0 Å². The summed E-state index contributed by atoms with van der Waals surface area (Å²) < 4.78 is 0. The number of nitrogens with one attached hydrogen (secondary N) is 2. The highest BCUT2D eigenvalue weighted by molar-refractivity contribution is 6.07. The topological polar surface area (TPSA) is 61.0 Å². The van der Waals surface area contributed by atoms with E-state index in [1.807, 2.05) is 30.3 Å². The maximum atomic E-state index is 12.5. The summed E-state index contributed by atoms with van der Waals surface area (Å²) in [6, 6.07) is 10.6. The predicted octanol–water partition coefficient (Wildman–Crippen LogP) is 3.71. The Hall–Kier alpha value is -2.40. The number of hydrogen-bond donors (Lipinski definition) is 2. The van der Waals surface area contributed by atoms with Crippen molar-refractivity contribution < 1.29 is 4.79 Å². The van der Waals surface area contributed by atoms with Crippen LogP contribution in [0.25, 0.3) is 21.8 Å². The van der Waals surface area contributed by atoms with Gasteiger partial charge in [0.05, 0.1) is 11.0 Å². The molecule has 136 valence electrons. The molecule has 1 atom stereocenters. The number of carbonyl (C=O) groups is 1. The Balaban J connectivity index is 1.38. The first-order chi connectivity index (χ1) is 12.7. The molecule has 1 fully saturated rings. The average molecular weight is 350 g/mol. The number of piperidine rings is 1. The lowest BCUT2D eigenvalue weighted by atomic mass is 10.0. The molecule has 4 rings (SSSR count). The SMILES string of the molecule is C[C@H]1CCCCN1CCCNC(=O)c1cc2ccc3cccnc3c2[nH]1. The predicted molar refractivity (Wildman–Crippen MR) is 105 cm³/mol. The van der Waals surface area contributed by atoms with Crippen LogP contribution in [-0.4, -0.2) is 46.5 Å². The molecule has 2 N–H and O–H groups in total. The molecule has 0 unspecified atom stereocenters. The third-order valence-corrected chi connectivity index (χ3v) is 5.46. The van der Waals surface area contributed by atoms with E-state index in [4.69, 9.17) is 0 Å². The third kappa shape index (κ3) is 3.44. The zero-order valence-corrected chi connectivity index (χ0v) is 15.3. The number of carbonyl (C=O) groups excluding carboxylic acids is 1. The maximum Gasteiger partial charge on any atom is 0.267 e. The van der Waals surface area contributed by atoms with Crippen molar-refractivity contribution in [1.82, 2.24) is 20.2 Å². The molecule has 1 aromatic carbocycles. The van der Waals surface area contributed by atoms with E-state index in [1.165, 1.54) is 25.8 Å². The molecular weight excluding hydrogens is 324 g/mol. The van der Waals surface area contributed by atoms with Crippen molar-refractivity contribution in [2.24, 2.45) is 0 Å². The monoisotopic (exact) mass is 350 g/mol. The Kier molecular flexibility index (Phi) is 4.89. The molecule has 3 heterocycles. The van der Waals surface area contributed by atoms with Crippen LogP contribution in [0.15, 0.2) is 36.5 Å². The van der Waals surface area contributed by atoms with Gasteiger partial charge in [-0.2, -0.15) is 0 Å². The lowest BCUT2D eigenvalue weighted by Gasteiger charge is -2.33. The van der Waals surface area contributed by atoms with Crippen molar-refractivity contribution in [2.45, 2.75) is 38.6 Å². The number of pyridine rings is 1. The van der Waals surface area contributed by atoms with Gasteiger partial charge < -0.3 is 15.2 Å². The molecule has 0 spiro atoms. The second-order valence-electron chi connectivity index (χ2n) is 7.28. The number of H-pyrrole nitrogens is 1. The molecule has 0 aliphatic carbocycles. The van der Waals surface area contributed by atoms with Gasteiger partial charge in [0, 0.05) is 36.1 Å². The van der Waals surface area contributed by atoms with Crippen molar-refractivity contribution in [2.75, 3.05) is 19.6 Å². The molecule has 1 amide bonds. The van der Waals surface area contributed by atoms with Crippen LogP contribution < -0.4 is 5.32 Å². The molecule has 1 saturated heterocycles. The molecule has 26 heavy (non-hydrogen) atoms. The summed E-state index contributed by atoms with van der Waals surface area (Å²) >= 11 is 0. The number of aromatic amines is 1. The smallest absolute Gasteiger partial charge is 0.267 e. The van der Waals surface area contributed by atoms with E-state index in [0.717, 1.165) is 34.8 Å². The largest absolute Gasteiger partial charge is 0.351 e. The van der Waals surface area contributed by atoms with E-state index in [-0.39, 0.29) is 5.91 Å². The molecule has 0 saturated carbocycles. The minimum absolute atomic E-state index is 0.0445. The highest BCUT2D eigenvalue weighted by Gasteiger charge is 2.17. The van der Waals surface area contributed by atoms with Crippen LogP contribution in [0.2, 0.25) is 0 Å². The van der Waals surface area contributed by atoms with Gasteiger partial charge >= 0.3 is 0 Å². The Morgan fingerprint density at radius 1 is 1.31 bits per heavy atom. The van der Waals surface area contributed by atoms with Gasteiger partial charge in [-0.1, -0.05) is 24.6 Å². The molecule has 1 aliphatic rings. The fourth-order valence-electron chi connectivity index (χ4n) is 3.93. The number of nitrogens with zero attached hydrogens (tertiary/aromatic N) is 2. The van der Waals surface area contributed by atoms with Crippen LogP contribution in [0.3, 0.4) is 0 Å². The van der Waals surface area contributed by atoms with Gasteiger partial charge in [-0.25, -0.2) is 0 Å². The molecule has 1 aliphatic heterocycles. The number of likely N-dealkylation sites (tertiary alicyclic amines) is 1. The van der Waals surface area contributed by atoms with E-state index in [9.17, 15) is 4.79 Å². The summed E-state index contributed by atoms with van der Waals surface area (Å²) in [5.74, 6) is -0.0445. The number of amides is 1. The average Bonchev–Trinajstić information content (AvgIpc) is 3.11. The fraction of sp³-hybridized carbons (Fsp3) is 0.429. The lowest BCUT2D eigenvalue weighted by Crippen LogP contribution is -2.39. The van der Waals surface area contributed by atoms with E-state index in [0.29, 0.717) is 18.3 Å². The summed E-state index contributed by atoms with van der Waals surface area (Å²) in [4.78, 5) is 22.7. The van der Waals surface area contributed by atoms with E-state index in [2.05, 4.69) is 27.1 Å². The Bertz CT molecular complexity index is 917. The van der Waals surface area contributed by atoms with Crippen molar-refractivity contribution in [1.29, 1.82) is 0 Å². The second kappa shape index (κ2) is 7.46. The number of fused-ring (bicyclic) bond motifs is 3. The van der Waals surface area contributed by atoms with Gasteiger partial charge in [-0.3, -0.25) is 9.78 Å². The lowest BCUT2D eigenvalue weighted by molar-refractivity contribution is 0.0945. The summed E-state index contributed by atoms with van der Waals surface area (Å²) in [5.41, 5.74) is 2.43. The highest BCUT2D eigenvalue weighted by atomic mass is 16.1. The molecule has 0 radical (unpaired) electrons.